The molecule has 0 saturated heterocycles. The first-order chi connectivity index (χ1) is 14.2. The molecule has 4 rings (SSSR count). The van der Waals surface area contributed by atoms with Crippen molar-refractivity contribution in [3.8, 4) is 16.9 Å². The van der Waals surface area contributed by atoms with Gasteiger partial charge in [-0.05, 0) is 52.6 Å². The Labute approximate surface area is 176 Å². The Morgan fingerprint density at radius 1 is 1.10 bits per heavy atom. The maximum atomic E-state index is 12.6. The molecule has 0 radical (unpaired) electrons. The highest BCUT2D eigenvalue weighted by molar-refractivity contribution is 6.27. The highest BCUT2D eigenvalue weighted by Gasteiger charge is 2.28. The maximum Gasteiger partial charge on any atom is 0.231 e. The van der Waals surface area contributed by atoms with Gasteiger partial charge in [0.05, 0.1) is 19.6 Å². The minimum atomic E-state index is -0.402. The van der Waals surface area contributed by atoms with Crippen molar-refractivity contribution < 1.29 is 19.4 Å². The number of Topliss-reactive ketones (excluding diaryl/α,β-unsaturated/α-hetero) is 1. The van der Waals surface area contributed by atoms with Crippen LogP contribution < -0.4 is 10.1 Å². The van der Waals surface area contributed by atoms with Crippen LogP contribution in [0.25, 0.3) is 16.7 Å². The molecular weight excluding hydrogens is 378 g/mol. The quantitative estimate of drug-likeness (QED) is 0.755. The molecule has 1 aliphatic heterocycles. The van der Waals surface area contributed by atoms with Crippen molar-refractivity contribution in [2.24, 2.45) is 0 Å². The molecule has 0 bridgehead atoms. The van der Waals surface area contributed by atoms with Gasteiger partial charge in [0.1, 0.15) is 5.75 Å². The van der Waals surface area contributed by atoms with Crippen LogP contribution in [-0.4, -0.2) is 23.9 Å². The highest BCUT2D eigenvalue weighted by atomic mass is 16.5. The number of carbonyl (C=O) groups is 2. The summed E-state index contributed by atoms with van der Waals surface area (Å²) in [6.45, 7) is 6.32. The molecule has 1 atom stereocenters. The molecule has 30 heavy (non-hydrogen) atoms. The van der Waals surface area contributed by atoms with Crippen LogP contribution in [0.5, 0.6) is 5.75 Å². The number of allylic oxidation sites excluding steroid dienone is 1. The van der Waals surface area contributed by atoms with Gasteiger partial charge in [0.15, 0.2) is 5.78 Å². The fourth-order valence-corrected chi connectivity index (χ4v) is 4.31. The van der Waals surface area contributed by atoms with Crippen LogP contribution >= 0.6 is 0 Å². The first-order valence-corrected chi connectivity index (χ1v) is 10.3. The molecule has 0 saturated carbocycles. The molecular formula is C25H27NO4. The number of carbonyl (C=O) groups excluding carboxylic acids is 2. The van der Waals surface area contributed by atoms with Gasteiger partial charge >= 0.3 is 0 Å². The number of aliphatic hydroxyl groups is 1. The lowest BCUT2D eigenvalue weighted by Crippen LogP contribution is -2.27. The van der Waals surface area contributed by atoms with Gasteiger partial charge in [-0.15, -0.1) is 0 Å². The average molecular weight is 405 g/mol. The Morgan fingerprint density at radius 3 is 2.53 bits per heavy atom. The largest absolute Gasteiger partial charge is 0.496 e. The number of ketones is 1. The van der Waals surface area contributed by atoms with E-state index in [1.165, 1.54) is 6.20 Å². The monoisotopic (exact) mass is 405 g/mol. The standard InChI is InChI=1S/C25H27NO4/c1-25(2,3)20-11-16(19-13-26-23(29)12-22(19)28)10-18(24(20)30-4)15-5-7-17-14(9-15)6-8-21(17)27/h5,7,9-11,13,21,27H,6,8,12H2,1-4H3,(H,26,29). The fourth-order valence-electron chi connectivity index (χ4n) is 4.31. The molecule has 2 aliphatic rings. The van der Waals surface area contributed by atoms with Gasteiger partial charge in [-0.1, -0.05) is 39.0 Å². The van der Waals surface area contributed by atoms with Crippen LogP contribution in [0.4, 0.5) is 0 Å². The van der Waals surface area contributed by atoms with E-state index in [4.69, 9.17) is 4.74 Å². The number of benzene rings is 2. The second-order valence-electron chi connectivity index (χ2n) is 9.05. The number of amides is 1. The Balaban J connectivity index is 1.93. The second kappa shape index (κ2) is 7.40. The predicted octanol–water partition coefficient (Wildman–Crippen LogP) is 4.07. The summed E-state index contributed by atoms with van der Waals surface area (Å²) in [5, 5.41) is 12.8. The smallest absolute Gasteiger partial charge is 0.231 e. The Bertz CT molecular complexity index is 1080. The number of ether oxygens (including phenoxy) is 1. The Hall–Kier alpha value is -2.92. The molecule has 5 heteroatoms. The lowest BCUT2D eigenvalue weighted by Gasteiger charge is -2.26. The zero-order valence-electron chi connectivity index (χ0n) is 17.8. The number of aryl methyl sites for hydroxylation is 1. The van der Waals surface area contributed by atoms with Crippen LogP contribution in [-0.2, 0) is 21.4 Å². The fraction of sp³-hybridized carbons (Fsp3) is 0.360. The number of nitrogens with one attached hydrogen (secondary N) is 1. The molecule has 2 aromatic rings. The first-order valence-electron chi connectivity index (χ1n) is 10.3. The highest BCUT2D eigenvalue weighted by Crippen LogP contribution is 2.43. The van der Waals surface area contributed by atoms with Crippen molar-refractivity contribution in [1.29, 1.82) is 0 Å². The minimum Gasteiger partial charge on any atom is -0.496 e. The van der Waals surface area contributed by atoms with Crippen LogP contribution in [0.15, 0.2) is 36.5 Å². The summed E-state index contributed by atoms with van der Waals surface area (Å²) in [6.07, 6.45) is 2.54. The lowest BCUT2D eigenvalue weighted by molar-refractivity contribution is -0.125. The van der Waals surface area contributed by atoms with Gasteiger partial charge in [0.2, 0.25) is 5.91 Å². The molecule has 156 valence electrons. The summed E-state index contributed by atoms with van der Waals surface area (Å²) < 4.78 is 5.86. The molecule has 0 spiro atoms. The van der Waals surface area contributed by atoms with E-state index in [0.29, 0.717) is 5.57 Å². The van der Waals surface area contributed by atoms with Gasteiger partial charge in [-0.2, -0.15) is 0 Å². The summed E-state index contributed by atoms with van der Waals surface area (Å²) in [5.41, 5.74) is 6.05. The third-order valence-corrected chi connectivity index (χ3v) is 5.91. The van der Waals surface area contributed by atoms with Crippen LogP contribution in [0, 0.1) is 0 Å². The predicted molar refractivity (Wildman–Crippen MR) is 116 cm³/mol. The summed E-state index contributed by atoms with van der Waals surface area (Å²) in [5.74, 6) is 0.301. The van der Waals surface area contributed by atoms with Crippen molar-refractivity contribution in [1.82, 2.24) is 5.32 Å². The van der Waals surface area contributed by atoms with Gasteiger partial charge in [-0.25, -0.2) is 0 Å². The molecule has 0 fully saturated rings. The van der Waals surface area contributed by atoms with Crippen molar-refractivity contribution in [3.05, 3.63) is 58.8 Å². The van der Waals surface area contributed by atoms with Crippen LogP contribution in [0.3, 0.4) is 0 Å². The lowest BCUT2D eigenvalue weighted by atomic mass is 9.81. The molecule has 1 heterocycles. The SMILES string of the molecule is COc1c(-c2ccc3c(c2)CCC3O)cc(C2=CNC(=O)CC2=O)cc1C(C)(C)C. The number of methoxy groups -OCH3 is 1. The number of hydrogen-bond acceptors (Lipinski definition) is 4. The second-order valence-corrected chi connectivity index (χ2v) is 9.05. The zero-order chi connectivity index (χ0) is 21.6. The topological polar surface area (TPSA) is 75.6 Å². The van der Waals surface area contributed by atoms with Gasteiger partial charge in [-0.3, -0.25) is 9.59 Å². The number of fused-ring (bicyclic) bond motifs is 1. The molecule has 0 aromatic heterocycles. The van der Waals surface area contributed by atoms with Gasteiger partial charge in [0.25, 0.3) is 0 Å². The summed E-state index contributed by atoms with van der Waals surface area (Å²) in [7, 11) is 1.66. The number of rotatable bonds is 3. The van der Waals surface area contributed by atoms with Crippen molar-refractivity contribution in [3.63, 3.8) is 0 Å². The minimum absolute atomic E-state index is 0.144. The van der Waals surface area contributed by atoms with E-state index in [1.807, 2.05) is 24.3 Å². The molecule has 1 aliphatic carbocycles. The van der Waals surface area contributed by atoms with E-state index in [0.717, 1.165) is 52.0 Å². The average Bonchev–Trinajstić information content (AvgIpc) is 3.06. The number of aliphatic hydroxyl groups excluding tert-OH is 1. The third kappa shape index (κ3) is 3.54. The van der Waals surface area contributed by atoms with Crippen LogP contribution in [0.1, 0.15) is 62.0 Å². The molecule has 2 N–H and O–H groups in total. The normalized spacial score (nSPS) is 18.7. The summed E-state index contributed by atoms with van der Waals surface area (Å²) in [6, 6.07) is 10.0. The van der Waals surface area contributed by atoms with E-state index in [1.54, 1.807) is 7.11 Å². The van der Waals surface area contributed by atoms with E-state index in [-0.39, 0.29) is 23.5 Å². The maximum absolute atomic E-state index is 12.6. The summed E-state index contributed by atoms with van der Waals surface area (Å²) >= 11 is 0. The van der Waals surface area contributed by atoms with Gasteiger partial charge in [0, 0.05) is 22.9 Å². The molecule has 1 unspecified atom stereocenters. The van der Waals surface area contributed by atoms with E-state index < -0.39 is 6.10 Å². The zero-order valence-corrected chi connectivity index (χ0v) is 17.8. The number of hydrogen-bond donors (Lipinski definition) is 2. The van der Waals surface area contributed by atoms with Gasteiger partial charge < -0.3 is 15.2 Å². The van der Waals surface area contributed by atoms with Crippen LogP contribution in [0.2, 0.25) is 0 Å². The summed E-state index contributed by atoms with van der Waals surface area (Å²) in [4.78, 5) is 24.2. The Kier molecular flexibility index (Phi) is 5.02. The Morgan fingerprint density at radius 2 is 1.87 bits per heavy atom. The first kappa shape index (κ1) is 20.4. The van der Waals surface area contributed by atoms with Crippen molar-refractivity contribution >= 4 is 17.3 Å². The third-order valence-electron chi connectivity index (χ3n) is 5.91. The van der Waals surface area contributed by atoms with Crippen molar-refractivity contribution in [2.75, 3.05) is 7.11 Å². The van der Waals surface area contributed by atoms with E-state index >= 15 is 0 Å². The molecule has 1 amide bonds. The molecule has 2 aromatic carbocycles. The van der Waals surface area contributed by atoms with E-state index in [2.05, 4.69) is 32.2 Å². The molecule has 5 nitrogen and oxygen atoms in total. The van der Waals surface area contributed by atoms with Crippen molar-refractivity contribution in [2.45, 2.75) is 51.6 Å². The van der Waals surface area contributed by atoms with E-state index in [9.17, 15) is 14.7 Å².